The van der Waals surface area contributed by atoms with Gasteiger partial charge in [0.15, 0.2) is 5.13 Å². The molecule has 0 fully saturated rings. The van der Waals surface area contributed by atoms with Gasteiger partial charge in [-0.15, -0.1) is 0 Å². The summed E-state index contributed by atoms with van der Waals surface area (Å²) in [5.41, 5.74) is 5.84. The molecule has 0 radical (unpaired) electrons. The summed E-state index contributed by atoms with van der Waals surface area (Å²) in [7, 11) is 3.78. The Balaban J connectivity index is 2.72. The van der Waals surface area contributed by atoms with Gasteiger partial charge in [-0.1, -0.05) is 44.4 Å². The first-order valence-electron chi connectivity index (χ1n) is 7.24. The number of nitrogens with zero attached hydrogens (tertiary/aromatic N) is 2. The quantitative estimate of drug-likeness (QED) is 0.774. The van der Waals surface area contributed by atoms with Crippen LogP contribution in [0.4, 0.5) is 10.9 Å². The lowest BCUT2D eigenvalue weighted by atomic mass is 10.1. The van der Waals surface area contributed by atoms with Crippen molar-refractivity contribution < 1.29 is 4.79 Å². The summed E-state index contributed by atoms with van der Waals surface area (Å²) in [6.07, 6.45) is 5.37. The van der Waals surface area contributed by atoms with Crippen molar-refractivity contribution in [3.63, 3.8) is 0 Å². The number of rotatable bonds is 8. The van der Waals surface area contributed by atoms with Crippen molar-refractivity contribution in [2.45, 2.75) is 52.0 Å². The van der Waals surface area contributed by atoms with Crippen molar-refractivity contribution in [2.24, 2.45) is 0 Å². The van der Waals surface area contributed by atoms with Crippen LogP contribution in [0.5, 0.6) is 0 Å². The lowest BCUT2D eigenvalue weighted by Crippen LogP contribution is -2.34. The second-order valence-corrected chi connectivity index (χ2v) is 6.18. The zero-order valence-electron chi connectivity index (χ0n) is 12.9. The van der Waals surface area contributed by atoms with Crippen LogP contribution in [0.2, 0.25) is 0 Å². The summed E-state index contributed by atoms with van der Waals surface area (Å²) in [4.78, 5) is 18.9. The number of nitrogens with two attached hydrogens (primary N) is 1. The van der Waals surface area contributed by atoms with Crippen LogP contribution in [0.15, 0.2) is 0 Å². The van der Waals surface area contributed by atoms with Crippen molar-refractivity contribution in [2.75, 3.05) is 24.7 Å². The highest BCUT2D eigenvalue weighted by molar-refractivity contribution is 7.18. The summed E-state index contributed by atoms with van der Waals surface area (Å²) in [6.45, 7) is 4.30. The van der Waals surface area contributed by atoms with Crippen LogP contribution >= 0.6 is 11.3 Å². The maximum Gasteiger partial charge on any atom is 0.265 e. The number of amides is 1. The summed E-state index contributed by atoms with van der Waals surface area (Å²) in [5.74, 6) is 0.226. The first-order valence-corrected chi connectivity index (χ1v) is 8.05. The van der Waals surface area contributed by atoms with Crippen molar-refractivity contribution in [3.05, 3.63) is 4.88 Å². The van der Waals surface area contributed by atoms with E-state index in [9.17, 15) is 4.79 Å². The third kappa shape index (κ3) is 4.67. The van der Waals surface area contributed by atoms with E-state index in [1.165, 1.54) is 11.3 Å². The number of unbranched alkanes of at least 4 members (excludes halogenated alkanes) is 1. The highest BCUT2D eigenvalue weighted by Gasteiger charge is 2.19. The maximum atomic E-state index is 12.3. The van der Waals surface area contributed by atoms with Gasteiger partial charge in [0.05, 0.1) is 0 Å². The third-order valence-corrected chi connectivity index (χ3v) is 4.35. The molecule has 0 aliphatic heterocycles. The van der Waals surface area contributed by atoms with E-state index in [-0.39, 0.29) is 11.9 Å². The van der Waals surface area contributed by atoms with Gasteiger partial charge in [0.2, 0.25) is 0 Å². The Morgan fingerprint density at radius 2 is 2.05 bits per heavy atom. The molecule has 1 heterocycles. The molecule has 0 spiro atoms. The van der Waals surface area contributed by atoms with E-state index < -0.39 is 0 Å². The van der Waals surface area contributed by atoms with Crippen LogP contribution in [0.3, 0.4) is 0 Å². The summed E-state index contributed by atoms with van der Waals surface area (Å²) in [5, 5.41) is 3.85. The molecule has 0 saturated heterocycles. The number of hydrogen-bond acceptors (Lipinski definition) is 5. The van der Waals surface area contributed by atoms with Gasteiger partial charge in [0.1, 0.15) is 10.7 Å². The molecular weight excluding hydrogens is 272 g/mol. The molecule has 6 heteroatoms. The van der Waals surface area contributed by atoms with Gasteiger partial charge in [0, 0.05) is 20.1 Å². The van der Waals surface area contributed by atoms with Gasteiger partial charge < -0.3 is 16.0 Å². The number of hydrogen-bond donors (Lipinski definition) is 2. The van der Waals surface area contributed by atoms with Gasteiger partial charge in [-0.25, -0.2) is 4.98 Å². The Hall–Kier alpha value is -1.30. The number of carbonyl (C=O) groups excluding carboxylic acids is 1. The smallest absolute Gasteiger partial charge is 0.265 e. The standard InChI is InChI=1S/C14H26N4OS/c1-5-7-9-10(8-6-2)16-13(19)11-12(15)17-14(20-11)18(3)4/h10H,5-9,15H2,1-4H3,(H,16,19). The molecule has 0 aromatic carbocycles. The minimum absolute atomic E-state index is 0.0948. The lowest BCUT2D eigenvalue weighted by molar-refractivity contribution is 0.0937. The summed E-state index contributed by atoms with van der Waals surface area (Å²) in [6, 6.07) is 0.233. The first-order chi connectivity index (χ1) is 9.49. The predicted molar refractivity (Wildman–Crippen MR) is 86.5 cm³/mol. The van der Waals surface area contributed by atoms with Crippen molar-refractivity contribution in [1.29, 1.82) is 0 Å². The maximum absolute atomic E-state index is 12.3. The van der Waals surface area contributed by atoms with E-state index in [0.29, 0.717) is 10.7 Å². The molecule has 0 aliphatic carbocycles. The second kappa shape index (κ2) is 8.09. The largest absolute Gasteiger partial charge is 0.382 e. The molecule has 1 atom stereocenters. The average molecular weight is 298 g/mol. The first kappa shape index (κ1) is 16.8. The molecular formula is C14H26N4OS. The minimum atomic E-state index is -0.0948. The number of aromatic nitrogens is 1. The van der Waals surface area contributed by atoms with E-state index in [1.807, 2.05) is 19.0 Å². The SMILES string of the molecule is CCCCC(CCC)NC(=O)c1sc(N(C)C)nc1N. The number of nitrogens with one attached hydrogen (secondary N) is 1. The van der Waals surface area contributed by atoms with Crippen LogP contribution < -0.4 is 16.0 Å². The summed E-state index contributed by atoms with van der Waals surface area (Å²) >= 11 is 1.34. The topological polar surface area (TPSA) is 71.2 Å². The monoisotopic (exact) mass is 298 g/mol. The second-order valence-electron chi connectivity index (χ2n) is 5.21. The Bertz CT molecular complexity index is 431. The van der Waals surface area contributed by atoms with E-state index in [2.05, 4.69) is 24.1 Å². The van der Waals surface area contributed by atoms with Crippen LogP contribution in [0.25, 0.3) is 0 Å². The van der Waals surface area contributed by atoms with Crippen LogP contribution in [0, 0.1) is 0 Å². The van der Waals surface area contributed by atoms with Crippen LogP contribution in [-0.2, 0) is 0 Å². The number of anilines is 2. The predicted octanol–water partition coefficient (Wildman–Crippen LogP) is 2.88. The van der Waals surface area contributed by atoms with E-state index in [4.69, 9.17) is 5.73 Å². The van der Waals surface area contributed by atoms with E-state index >= 15 is 0 Å². The Labute approximate surface area is 125 Å². The van der Waals surface area contributed by atoms with Crippen molar-refractivity contribution in [3.8, 4) is 0 Å². The number of thiazole rings is 1. The minimum Gasteiger partial charge on any atom is -0.382 e. The summed E-state index contributed by atoms with van der Waals surface area (Å²) < 4.78 is 0. The van der Waals surface area contributed by atoms with Crippen molar-refractivity contribution in [1.82, 2.24) is 10.3 Å². The van der Waals surface area contributed by atoms with Gasteiger partial charge >= 0.3 is 0 Å². The molecule has 0 aliphatic rings. The molecule has 0 saturated carbocycles. The highest BCUT2D eigenvalue weighted by Crippen LogP contribution is 2.26. The van der Waals surface area contributed by atoms with E-state index in [1.54, 1.807) is 0 Å². The van der Waals surface area contributed by atoms with Crippen LogP contribution in [0.1, 0.15) is 55.6 Å². The normalized spacial score (nSPS) is 12.2. The molecule has 1 amide bonds. The number of nitrogen functional groups attached to an aromatic ring is 1. The highest BCUT2D eigenvalue weighted by atomic mass is 32.1. The molecule has 1 aromatic rings. The lowest BCUT2D eigenvalue weighted by Gasteiger charge is -2.17. The zero-order chi connectivity index (χ0) is 15.1. The Morgan fingerprint density at radius 1 is 1.35 bits per heavy atom. The Morgan fingerprint density at radius 3 is 2.55 bits per heavy atom. The number of carbonyl (C=O) groups is 1. The molecule has 5 nitrogen and oxygen atoms in total. The average Bonchev–Trinajstić information content (AvgIpc) is 2.78. The molecule has 20 heavy (non-hydrogen) atoms. The van der Waals surface area contributed by atoms with Gasteiger partial charge in [-0.05, 0) is 12.8 Å². The van der Waals surface area contributed by atoms with Crippen LogP contribution in [-0.4, -0.2) is 31.0 Å². The van der Waals surface area contributed by atoms with Gasteiger partial charge in [-0.3, -0.25) is 4.79 Å². The third-order valence-electron chi connectivity index (χ3n) is 3.11. The molecule has 1 rings (SSSR count). The fourth-order valence-electron chi connectivity index (χ4n) is 2.01. The zero-order valence-corrected chi connectivity index (χ0v) is 13.7. The molecule has 1 aromatic heterocycles. The van der Waals surface area contributed by atoms with Crippen molar-refractivity contribution >= 4 is 28.2 Å². The fourth-order valence-corrected chi connectivity index (χ4v) is 2.82. The van der Waals surface area contributed by atoms with E-state index in [0.717, 1.165) is 37.2 Å². The molecule has 114 valence electrons. The van der Waals surface area contributed by atoms with Gasteiger partial charge in [0.25, 0.3) is 5.91 Å². The Kier molecular flexibility index (Phi) is 6.78. The van der Waals surface area contributed by atoms with Gasteiger partial charge in [-0.2, -0.15) is 0 Å². The fraction of sp³-hybridized carbons (Fsp3) is 0.714. The molecule has 0 bridgehead atoms. The molecule has 3 N–H and O–H groups in total. The molecule has 1 unspecified atom stereocenters.